The summed E-state index contributed by atoms with van der Waals surface area (Å²) in [5.74, 6) is 0.721. The smallest absolute Gasteiger partial charge is 0.302 e. The largest absolute Gasteiger partial charge is 0.462 e. The molecule has 0 saturated heterocycles. The van der Waals surface area contributed by atoms with E-state index in [-0.39, 0.29) is 46.2 Å². The number of allylic oxidation sites excluding steroid dienone is 4. The highest BCUT2D eigenvalue weighted by molar-refractivity contribution is 5.94. The summed E-state index contributed by atoms with van der Waals surface area (Å²) in [5.41, 5.74) is 3.87. The summed E-state index contributed by atoms with van der Waals surface area (Å²) >= 11 is 0. The van der Waals surface area contributed by atoms with Gasteiger partial charge in [-0.15, -0.1) is 0 Å². The SMILES string of the molecule is CC(=O)O[C@@H]1C[C@@]2(C)[C@@H]3CC[C@H]4C(=CC3=CC[C@]2(C)[C@H]1[C@H](C)NC(=O)c1ccccc1)CC[C@H](N(C)C)C4(C)C. The maximum Gasteiger partial charge on any atom is 0.302 e. The molecule has 5 nitrogen and oxygen atoms in total. The van der Waals surface area contributed by atoms with E-state index < -0.39 is 0 Å². The highest BCUT2D eigenvalue weighted by Crippen LogP contribution is 2.68. The van der Waals surface area contributed by atoms with Gasteiger partial charge < -0.3 is 15.0 Å². The van der Waals surface area contributed by atoms with Gasteiger partial charge in [-0.3, -0.25) is 9.59 Å². The number of nitrogens with zero attached hydrogens (tertiary/aromatic N) is 1. The minimum Gasteiger partial charge on any atom is -0.462 e. The lowest BCUT2D eigenvalue weighted by molar-refractivity contribution is -0.149. The van der Waals surface area contributed by atoms with Crippen molar-refractivity contribution in [3.8, 4) is 0 Å². The number of hydrogen-bond acceptors (Lipinski definition) is 4. The van der Waals surface area contributed by atoms with Crippen molar-refractivity contribution < 1.29 is 14.3 Å². The molecule has 0 radical (unpaired) electrons. The molecule has 0 bridgehead atoms. The highest BCUT2D eigenvalue weighted by atomic mass is 16.5. The molecule has 218 valence electrons. The van der Waals surface area contributed by atoms with Crippen LogP contribution in [0.4, 0.5) is 0 Å². The van der Waals surface area contributed by atoms with Crippen molar-refractivity contribution in [3.63, 3.8) is 0 Å². The van der Waals surface area contributed by atoms with Crippen LogP contribution in [0.5, 0.6) is 0 Å². The Morgan fingerprint density at radius 2 is 1.68 bits per heavy atom. The van der Waals surface area contributed by atoms with Gasteiger partial charge in [0.25, 0.3) is 5.91 Å². The maximum absolute atomic E-state index is 13.2. The van der Waals surface area contributed by atoms with E-state index in [1.807, 2.05) is 30.3 Å². The molecule has 0 unspecified atom stereocenters. The molecule has 1 N–H and O–H groups in total. The second-order valence-electron chi connectivity index (χ2n) is 14.5. The summed E-state index contributed by atoms with van der Waals surface area (Å²) in [7, 11) is 4.47. The molecule has 0 aromatic heterocycles. The molecule has 0 spiro atoms. The van der Waals surface area contributed by atoms with Crippen LogP contribution in [0, 0.1) is 34.0 Å². The summed E-state index contributed by atoms with van der Waals surface area (Å²) in [6, 6.07) is 9.86. The second-order valence-corrected chi connectivity index (χ2v) is 14.5. The molecule has 5 heteroatoms. The average molecular weight is 547 g/mol. The molecular formula is C35H50N2O3. The van der Waals surface area contributed by atoms with E-state index in [4.69, 9.17) is 4.74 Å². The van der Waals surface area contributed by atoms with E-state index in [2.05, 4.69) is 71.1 Å². The Morgan fingerprint density at radius 3 is 2.33 bits per heavy atom. The molecule has 5 rings (SSSR count). The zero-order valence-corrected chi connectivity index (χ0v) is 25.9. The normalized spacial score (nSPS) is 37.2. The fourth-order valence-electron chi connectivity index (χ4n) is 9.90. The number of carbonyl (C=O) groups is 2. The molecule has 1 aromatic rings. The van der Waals surface area contributed by atoms with Gasteiger partial charge in [0.05, 0.1) is 0 Å². The van der Waals surface area contributed by atoms with Crippen LogP contribution < -0.4 is 5.32 Å². The van der Waals surface area contributed by atoms with Crippen molar-refractivity contribution in [1.82, 2.24) is 10.2 Å². The first kappa shape index (κ1) is 29.1. The van der Waals surface area contributed by atoms with Crippen LogP contribution in [0.3, 0.4) is 0 Å². The first-order chi connectivity index (χ1) is 18.8. The van der Waals surface area contributed by atoms with Crippen LogP contribution >= 0.6 is 0 Å². The third-order valence-electron chi connectivity index (χ3n) is 11.9. The van der Waals surface area contributed by atoms with Crippen molar-refractivity contribution >= 4 is 11.9 Å². The van der Waals surface area contributed by atoms with Gasteiger partial charge in [0, 0.05) is 30.5 Å². The number of fused-ring (bicyclic) bond motifs is 4. The molecule has 1 aromatic carbocycles. The Labute approximate surface area is 241 Å². The van der Waals surface area contributed by atoms with Gasteiger partial charge in [-0.05, 0) is 105 Å². The predicted octanol–water partition coefficient (Wildman–Crippen LogP) is 6.80. The number of nitrogens with one attached hydrogen (secondary N) is 1. The Hall–Kier alpha value is -2.40. The van der Waals surface area contributed by atoms with Gasteiger partial charge >= 0.3 is 5.97 Å². The summed E-state index contributed by atoms with van der Waals surface area (Å²) in [6.07, 6.45) is 11.4. The molecule has 0 heterocycles. The van der Waals surface area contributed by atoms with Crippen LogP contribution in [-0.2, 0) is 9.53 Å². The Bertz CT molecular complexity index is 1200. The van der Waals surface area contributed by atoms with Crippen molar-refractivity contribution in [2.45, 2.75) is 98.3 Å². The van der Waals surface area contributed by atoms with Crippen molar-refractivity contribution in [2.75, 3.05) is 14.1 Å². The zero-order valence-electron chi connectivity index (χ0n) is 25.9. The molecule has 2 fully saturated rings. The van der Waals surface area contributed by atoms with Gasteiger partial charge in [-0.25, -0.2) is 0 Å². The predicted molar refractivity (Wildman–Crippen MR) is 161 cm³/mol. The average Bonchev–Trinajstić information content (AvgIpc) is 2.98. The molecule has 0 aliphatic heterocycles. The number of ether oxygens (including phenoxy) is 1. The molecule has 4 aliphatic rings. The molecule has 4 aliphatic carbocycles. The second kappa shape index (κ2) is 10.5. The van der Waals surface area contributed by atoms with Crippen molar-refractivity contribution in [2.24, 2.45) is 34.0 Å². The lowest BCUT2D eigenvalue weighted by Gasteiger charge is -2.53. The molecular weight excluding hydrogens is 496 g/mol. The van der Waals surface area contributed by atoms with Crippen molar-refractivity contribution in [1.29, 1.82) is 0 Å². The lowest BCUT2D eigenvalue weighted by Crippen LogP contribution is -2.52. The fraction of sp³-hybridized carbons (Fsp3) is 0.657. The first-order valence-corrected chi connectivity index (χ1v) is 15.4. The van der Waals surface area contributed by atoms with Crippen LogP contribution in [0.15, 0.2) is 53.6 Å². The van der Waals surface area contributed by atoms with E-state index in [1.165, 1.54) is 31.8 Å². The van der Waals surface area contributed by atoms with Crippen LogP contribution in [0.25, 0.3) is 0 Å². The summed E-state index contributed by atoms with van der Waals surface area (Å²) in [6.45, 7) is 13.4. The highest BCUT2D eigenvalue weighted by Gasteiger charge is 2.65. The number of esters is 1. The van der Waals surface area contributed by atoms with Gasteiger partial charge in [-0.2, -0.15) is 0 Å². The van der Waals surface area contributed by atoms with E-state index in [0.717, 1.165) is 19.3 Å². The van der Waals surface area contributed by atoms with E-state index in [1.54, 1.807) is 5.57 Å². The fourth-order valence-corrected chi connectivity index (χ4v) is 9.90. The topological polar surface area (TPSA) is 58.6 Å². The number of rotatable bonds is 5. The van der Waals surface area contributed by atoms with Crippen LogP contribution in [0.2, 0.25) is 0 Å². The number of benzene rings is 1. The first-order valence-electron chi connectivity index (χ1n) is 15.4. The summed E-state index contributed by atoms with van der Waals surface area (Å²) in [4.78, 5) is 28.0. The third kappa shape index (κ3) is 4.66. The summed E-state index contributed by atoms with van der Waals surface area (Å²) in [5, 5.41) is 3.30. The number of hydrogen-bond donors (Lipinski definition) is 1. The number of amides is 1. The lowest BCUT2D eigenvalue weighted by atomic mass is 9.51. The monoisotopic (exact) mass is 546 g/mol. The zero-order chi connectivity index (χ0) is 29.0. The van der Waals surface area contributed by atoms with Crippen LogP contribution in [0.1, 0.15) is 90.4 Å². The van der Waals surface area contributed by atoms with Gasteiger partial charge in [0.2, 0.25) is 0 Å². The Balaban J connectivity index is 1.47. The Morgan fingerprint density at radius 1 is 1.00 bits per heavy atom. The van der Waals surface area contributed by atoms with E-state index in [9.17, 15) is 9.59 Å². The standard InChI is InChI=1S/C35H50N2O3/c1-22(36-32(39)24-12-10-9-11-13-24)31-29(40-23(2)38)21-35(6)28-16-15-27-25(20-26(28)18-19-34(31,35)5)14-17-30(37(7)8)33(27,3)4/h9-13,18,20,22,27-31H,14-17,19,21H2,1-8H3,(H,36,39)/t22-,27-,28+,29+,30-,31-,34+,35-/m0/s1. The molecule has 8 atom stereocenters. The molecule has 1 amide bonds. The minimum absolute atomic E-state index is 0.0274. The van der Waals surface area contributed by atoms with Gasteiger partial charge in [0.15, 0.2) is 0 Å². The van der Waals surface area contributed by atoms with E-state index in [0.29, 0.717) is 23.4 Å². The minimum atomic E-state index is -0.235. The third-order valence-corrected chi connectivity index (χ3v) is 11.9. The Kier molecular flexibility index (Phi) is 7.61. The number of carbonyl (C=O) groups excluding carboxylic acids is 2. The van der Waals surface area contributed by atoms with Gasteiger partial charge in [0.1, 0.15) is 6.10 Å². The molecule has 2 saturated carbocycles. The summed E-state index contributed by atoms with van der Waals surface area (Å²) < 4.78 is 6.10. The van der Waals surface area contributed by atoms with Gasteiger partial charge in [-0.1, -0.05) is 63.6 Å². The molecule has 40 heavy (non-hydrogen) atoms. The van der Waals surface area contributed by atoms with Crippen LogP contribution in [-0.4, -0.2) is 49.1 Å². The van der Waals surface area contributed by atoms with E-state index >= 15 is 0 Å². The maximum atomic E-state index is 13.2. The quantitative estimate of drug-likeness (QED) is 0.413. The van der Waals surface area contributed by atoms with Crippen molar-refractivity contribution in [3.05, 3.63) is 59.2 Å².